The zero-order chi connectivity index (χ0) is 12.8. The SMILES string of the molecule is CCCc1ccccc1N=C(N)c1ccccc1. The summed E-state index contributed by atoms with van der Waals surface area (Å²) < 4.78 is 0. The Morgan fingerprint density at radius 1 is 1.00 bits per heavy atom. The molecule has 0 amide bonds. The molecule has 0 radical (unpaired) electrons. The Morgan fingerprint density at radius 3 is 2.39 bits per heavy atom. The second-order valence-corrected chi connectivity index (χ2v) is 4.24. The minimum atomic E-state index is 0.569. The van der Waals surface area contributed by atoms with Crippen LogP contribution >= 0.6 is 0 Å². The van der Waals surface area contributed by atoms with Gasteiger partial charge in [-0.1, -0.05) is 61.9 Å². The molecule has 2 rings (SSSR count). The van der Waals surface area contributed by atoms with E-state index in [1.54, 1.807) is 0 Å². The molecule has 0 aliphatic carbocycles. The van der Waals surface area contributed by atoms with E-state index in [1.807, 2.05) is 48.5 Å². The van der Waals surface area contributed by atoms with Gasteiger partial charge >= 0.3 is 0 Å². The Hall–Kier alpha value is -2.09. The predicted molar refractivity (Wildman–Crippen MR) is 77.3 cm³/mol. The minimum Gasteiger partial charge on any atom is -0.383 e. The Balaban J connectivity index is 2.33. The number of aliphatic imine (C=N–C) groups is 1. The molecule has 0 unspecified atom stereocenters. The number of aryl methyl sites for hydroxylation is 1. The highest BCUT2D eigenvalue weighted by Crippen LogP contribution is 2.20. The molecule has 2 N–H and O–H groups in total. The van der Waals surface area contributed by atoms with E-state index in [4.69, 9.17) is 5.73 Å². The maximum absolute atomic E-state index is 6.04. The van der Waals surface area contributed by atoms with Gasteiger partial charge in [-0.05, 0) is 18.1 Å². The number of rotatable bonds is 4. The van der Waals surface area contributed by atoms with Crippen LogP contribution in [0, 0.1) is 0 Å². The Kier molecular flexibility index (Phi) is 4.13. The number of para-hydroxylation sites is 1. The molecular weight excluding hydrogens is 220 g/mol. The van der Waals surface area contributed by atoms with Crippen LogP contribution in [-0.2, 0) is 6.42 Å². The minimum absolute atomic E-state index is 0.569. The van der Waals surface area contributed by atoms with Gasteiger partial charge in [-0.3, -0.25) is 0 Å². The highest BCUT2D eigenvalue weighted by Gasteiger charge is 2.01. The van der Waals surface area contributed by atoms with Gasteiger partial charge in [0.1, 0.15) is 5.84 Å². The highest BCUT2D eigenvalue weighted by molar-refractivity contribution is 5.99. The van der Waals surface area contributed by atoms with Crippen molar-refractivity contribution in [3.05, 3.63) is 65.7 Å². The van der Waals surface area contributed by atoms with E-state index in [1.165, 1.54) is 5.56 Å². The third kappa shape index (κ3) is 2.98. The molecule has 0 spiro atoms. The van der Waals surface area contributed by atoms with Crippen molar-refractivity contribution >= 4 is 11.5 Å². The fourth-order valence-electron chi connectivity index (χ4n) is 1.90. The first-order valence-corrected chi connectivity index (χ1v) is 6.28. The fraction of sp³-hybridized carbons (Fsp3) is 0.188. The van der Waals surface area contributed by atoms with Gasteiger partial charge in [0.2, 0.25) is 0 Å². The van der Waals surface area contributed by atoms with Crippen molar-refractivity contribution in [2.45, 2.75) is 19.8 Å². The molecule has 0 bridgehead atoms. The smallest absolute Gasteiger partial charge is 0.131 e. The standard InChI is InChI=1S/C16H18N2/c1-2-8-13-9-6-7-12-15(13)18-16(17)14-10-4-3-5-11-14/h3-7,9-12H,2,8H2,1H3,(H2,17,18). The monoisotopic (exact) mass is 238 g/mol. The molecular formula is C16H18N2. The molecule has 0 aromatic heterocycles. The van der Waals surface area contributed by atoms with Crippen LogP contribution in [0.1, 0.15) is 24.5 Å². The lowest BCUT2D eigenvalue weighted by Crippen LogP contribution is -2.12. The zero-order valence-corrected chi connectivity index (χ0v) is 10.6. The molecule has 2 heteroatoms. The molecule has 0 heterocycles. The van der Waals surface area contributed by atoms with E-state index in [0.717, 1.165) is 24.1 Å². The van der Waals surface area contributed by atoms with Gasteiger partial charge in [-0.25, -0.2) is 4.99 Å². The molecule has 0 atom stereocenters. The Labute approximate surface area is 108 Å². The van der Waals surface area contributed by atoms with E-state index in [9.17, 15) is 0 Å². The number of amidine groups is 1. The van der Waals surface area contributed by atoms with Crippen LogP contribution in [0.2, 0.25) is 0 Å². The quantitative estimate of drug-likeness (QED) is 0.640. The lowest BCUT2D eigenvalue weighted by atomic mass is 10.1. The van der Waals surface area contributed by atoms with E-state index < -0.39 is 0 Å². The van der Waals surface area contributed by atoms with Crippen molar-refractivity contribution < 1.29 is 0 Å². The van der Waals surface area contributed by atoms with Crippen molar-refractivity contribution in [3.63, 3.8) is 0 Å². The summed E-state index contributed by atoms with van der Waals surface area (Å²) in [4.78, 5) is 4.54. The van der Waals surface area contributed by atoms with Crippen molar-refractivity contribution in [2.75, 3.05) is 0 Å². The lowest BCUT2D eigenvalue weighted by Gasteiger charge is -2.05. The first kappa shape index (κ1) is 12.4. The topological polar surface area (TPSA) is 38.4 Å². The van der Waals surface area contributed by atoms with Crippen LogP contribution in [0.5, 0.6) is 0 Å². The average Bonchev–Trinajstić information content (AvgIpc) is 2.42. The number of hydrogen-bond donors (Lipinski definition) is 1. The van der Waals surface area contributed by atoms with Crippen LogP contribution in [0.3, 0.4) is 0 Å². The molecule has 0 fully saturated rings. The van der Waals surface area contributed by atoms with Gasteiger partial charge in [0, 0.05) is 5.56 Å². The van der Waals surface area contributed by atoms with E-state index >= 15 is 0 Å². The maximum atomic E-state index is 6.04. The van der Waals surface area contributed by atoms with Gasteiger partial charge in [0.25, 0.3) is 0 Å². The molecule has 2 aromatic carbocycles. The number of benzene rings is 2. The summed E-state index contributed by atoms with van der Waals surface area (Å²) in [5.74, 6) is 0.569. The third-order valence-corrected chi connectivity index (χ3v) is 2.82. The molecule has 18 heavy (non-hydrogen) atoms. The predicted octanol–water partition coefficient (Wildman–Crippen LogP) is 3.68. The van der Waals surface area contributed by atoms with Gasteiger partial charge in [-0.15, -0.1) is 0 Å². The average molecular weight is 238 g/mol. The third-order valence-electron chi connectivity index (χ3n) is 2.82. The van der Waals surface area contributed by atoms with Crippen LogP contribution in [0.25, 0.3) is 0 Å². The van der Waals surface area contributed by atoms with Crippen molar-refractivity contribution in [1.29, 1.82) is 0 Å². The molecule has 0 saturated heterocycles. The van der Waals surface area contributed by atoms with Gasteiger partial charge in [0.05, 0.1) is 5.69 Å². The van der Waals surface area contributed by atoms with Crippen LogP contribution in [0.15, 0.2) is 59.6 Å². The normalized spacial score (nSPS) is 11.5. The van der Waals surface area contributed by atoms with Crippen LogP contribution in [-0.4, -0.2) is 5.84 Å². The first-order valence-electron chi connectivity index (χ1n) is 6.28. The van der Waals surface area contributed by atoms with Crippen LogP contribution < -0.4 is 5.73 Å². The highest BCUT2D eigenvalue weighted by atomic mass is 14.9. The summed E-state index contributed by atoms with van der Waals surface area (Å²) in [7, 11) is 0. The van der Waals surface area contributed by atoms with E-state index in [-0.39, 0.29) is 0 Å². The van der Waals surface area contributed by atoms with E-state index in [0.29, 0.717) is 5.84 Å². The summed E-state index contributed by atoms with van der Waals surface area (Å²) in [5.41, 5.74) is 9.23. The summed E-state index contributed by atoms with van der Waals surface area (Å²) >= 11 is 0. The summed E-state index contributed by atoms with van der Waals surface area (Å²) in [6.07, 6.45) is 2.14. The maximum Gasteiger partial charge on any atom is 0.131 e. The van der Waals surface area contributed by atoms with Gasteiger partial charge < -0.3 is 5.73 Å². The van der Waals surface area contributed by atoms with Crippen LogP contribution in [0.4, 0.5) is 5.69 Å². The Bertz CT molecular complexity index is 530. The summed E-state index contributed by atoms with van der Waals surface area (Å²) in [6.45, 7) is 2.17. The molecule has 0 aliphatic heterocycles. The first-order chi connectivity index (χ1) is 8.81. The zero-order valence-electron chi connectivity index (χ0n) is 10.6. The molecule has 0 aliphatic rings. The van der Waals surface area contributed by atoms with E-state index in [2.05, 4.69) is 18.0 Å². The lowest BCUT2D eigenvalue weighted by molar-refractivity contribution is 0.921. The molecule has 2 nitrogen and oxygen atoms in total. The Morgan fingerprint density at radius 2 is 1.67 bits per heavy atom. The fourth-order valence-corrected chi connectivity index (χ4v) is 1.90. The largest absolute Gasteiger partial charge is 0.383 e. The number of hydrogen-bond acceptors (Lipinski definition) is 1. The number of nitrogens with two attached hydrogens (primary N) is 1. The summed E-state index contributed by atoms with van der Waals surface area (Å²) in [5, 5.41) is 0. The molecule has 0 saturated carbocycles. The number of nitrogens with zero attached hydrogens (tertiary/aromatic N) is 1. The summed E-state index contributed by atoms with van der Waals surface area (Å²) in [6, 6.07) is 18.0. The molecule has 92 valence electrons. The van der Waals surface area contributed by atoms with Crippen molar-refractivity contribution in [3.8, 4) is 0 Å². The van der Waals surface area contributed by atoms with Gasteiger partial charge in [-0.2, -0.15) is 0 Å². The van der Waals surface area contributed by atoms with Crippen molar-refractivity contribution in [1.82, 2.24) is 0 Å². The second-order valence-electron chi connectivity index (χ2n) is 4.24. The second kappa shape index (κ2) is 6.01. The molecule has 2 aromatic rings. The van der Waals surface area contributed by atoms with Crippen molar-refractivity contribution in [2.24, 2.45) is 10.7 Å². The van der Waals surface area contributed by atoms with Gasteiger partial charge in [0.15, 0.2) is 0 Å².